The molecule has 7 nitrogen and oxygen atoms in total. The van der Waals surface area contributed by atoms with Crippen LogP contribution in [0.5, 0.6) is 11.5 Å². The molecule has 0 bridgehead atoms. The van der Waals surface area contributed by atoms with E-state index in [4.69, 9.17) is 9.47 Å². The van der Waals surface area contributed by atoms with Gasteiger partial charge in [0.2, 0.25) is 0 Å². The van der Waals surface area contributed by atoms with Crippen LogP contribution in [-0.4, -0.2) is 30.1 Å². The second-order valence-electron chi connectivity index (χ2n) is 5.31. The van der Waals surface area contributed by atoms with E-state index in [9.17, 15) is 9.59 Å². The molecule has 0 fully saturated rings. The zero-order valence-electron chi connectivity index (χ0n) is 13.8. The summed E-state index contributed by atoms with van der Waals surface area (Å²) in [6.07, 6.45) is 0. The number of aromatic nitrogens is 2. The number of benzene rings is 2. The van der Waals surface area contributed by atoms with Crippen molar-refractivity contribution in [2.45, 2.75) is 6.54 Å². The highest BCUT2D eigenvalue weighted by Crippen LogP contribution is 2.27. The zero-order chi connectivity index (χ0) is 17.8. The highest BCUT2D eigenvalue weighted by atomic mass is 16.5. The van der Waals surface area contributed by atoms with E-state index in [2.05, 4.69) is 15.3 Å². The van der Waals surface area contributed by atoms with E-state index in [1.807, 2.05) is 6.07 Å². The minimum Gasteiger partial charge on any atom is -0.493 e. The fourth-order valence-electron chi connectivity index (χ4n) is 2.53. The number of para-hydroxylation sites is 1. The standard InChI is InChI=1S/C18H17N3O4/c1-24-14-8-7-11(9-15(14)25-2)10-19-17(22)16-12-5-3-4-6-13(12)20-18(23)21-16/h3-9H,10H2,1-2H3,(H,19,22)(H,20,21,23). The first-order valence-corrected chi connectivity index (χ1v) is 7.60. The molecule has 3 aromatic rings. The predicted octanol–water partition coefficient (Wildman–Crippen LogP) is 1.87. The Hall–Kier alpha value is -3.35. The van der Waals surface area contributed by atoms with E-state index in [1.165, 1.54) is 0 Å². The van der Waals surface area contributed by atoms with Gasteiger partial charge in [-0.05, 0) is 23.8 Å². The van der Waals surface area contributed by atoms with E-state index in [0.29, 0.717) is 22.4 Å². The minimum absolute atomic E-state index is 0.0971. The molecule has 0 unspecified atom stereocenters. The molecule has 1 aromatic heterocycles. The summed E-state index contributed by atoms with van der Waals surface area (Å²) in [6.45, 7) is 0.266. The molecule has 1 heterocycles. The number of ether oxygens (including phenoxy) is 2. The third kappa shape index (κ3) is 3.45. The van der Waals surface area contributed by atoms with Crippen LogP contribution >= 0.6 is 0 Å². The molecule has 0 aliphatic rings. The van der Waals surface area contributed by atoms with Gasteiger partial charge in [-0.1, -0.05) is 24.3 Å². The van der Waals surface area contributed by atoms with Gasteiger partial charge < -0.3 is 19.8 Å². The number of carbonyl (C=O) groups is 1. The Morgan fingerprint density at radius 2 is 1.88 bits per heavy atom. The molecule has 2 aromatic carbocycles. The van der Waals surface area contributed by atoms with Crippen LogP contribution in [-0.2, 0) is 6.54 Å². The van der Waals surface area contributed by atoms with Gasteiger partial charge in [0.05, 0.1) is 19.7 Å². The number of hydrogen-bond acceptors (Lipinski definition) is 5. The quantitative estimate of drug-likeness (QED) is 0.740. The molecule has 0 aliphatic heterocycles. The van der Waals surface area contributed by atoms with Crippen molar-refractivity contribution in [3.05, 3.63) is 64.2 Å². The van der Waals surface area contributed by atoms with E-state index in [1.54, 1.807) is 50.6 Å². The highest BCUT2D eigenvalue weighted by Gasteiger charge is 2.13. The molecule has 25 heavy (non-hydrogen) atoms. The molecule has 128 valence electrons. The van der Waals surface area contributed by atoms with Crippen molar-refractivity contribution in [3.63, 3.8) is 0 Å². The third-order valence-corrected chi connectivity index (χ3v) is 3.75. The van der Waals surface area contributed by atoms with Gasteiger partial charge in [-0.3, -0.25) is 4.79 Å². The summed E-state index contributed by atoms with van der Waals surface area (Å²) < 4.78 is 10.4. The zero-order valence-corrected chi connectivity index (χ0v) is 13.8. The van der Waals surface area contributed by atoms with Crippen LogP contribution in [0.4, 0.5) is 0 Å². The molecular weight excluding hydrogens is 322 g/mol. The number of rotatable bonds is 5. The van der Waals surface area contributed by atoms with Gasteiger partial charge in [-0.2, -0.15) is 4.98 Å². The topological polar surface area (TPSA) is 93.3 Å². The normalized spacial score (nSPS) is 10.5. The maximum Gasteiger partial charge on any atom is 0.346 e. The van der Waals surface area contributed by atoms with E-state index in [0.717, 1.165) is 5.56 Å². The first-order valence-electron chi connectivity index (χ1n) is 7.60. The molecule has 7 heteroatoms. The maximum absolute atomic E-state index is 12.5. The SMILES string of the molecule is COc1ccc(CNC(=O)c2nc(=O)[nH]c3ccccc23)cc1OC. The largest absolute Gasteiger partial charge is 0.493 e. The number of methoxy groups -OCH3 is 2. The van der Waals surface area contributed by atoms with Gasteiger partial charge in [0.1, 0.15) is 5.69 Å². The Morgan fingerprint density at radius 3 is 2.64 bits per heavy atom. The molecule has 0 saturated carbocycles. The Bertz CT molecular complexity index is 981. The van der Waals surface area contributed by atoms with E-state index >= 15 is 0 Å². The number of fused-ring (bicyclic) bond motifs is 1. The molecule has 0 spiro atoms. The van der Waals surface area contributed by atoms with Crippen LogP contribution in [0.2, 0.25) is 0 Å². The van der Waals surface area contributed by atoms with Crippen molar-refractivity contribution in [3.8, 4) is 11.5 Å². The highest BCUT2D eigenvalue weighted by molar-refractivity contribution is 6.04. The van der Waals surface area contributed by atoms with Crippen LogP contribution < -0.4 is 20.5 Å². The number of H-pyrrole nitrogens is 1. The van der Waals surface area contributed by atoms with Crippen LogP contribution in [0.1, 0.15) is 16.1 Å². The lowest BCUT2D eigenvalue weighted by Crippen LogP contribution is -2.27. The molecule has 0 aliphatic carbocycles. The second kappa shape index (κ2) is 7.04. The maximum atomic E-state index is 12.5. The molecule has 1 amide bonds. The first-order chi connectivity index (χ1) is 12.1. The van der Waals surface area contributed by atoms with Crippen LogP contribution in [0.15, 0.2) is 47.3 Å². The van der Waals surface area contributed by atoms with Crippen LogP contribution in [0, 0.1) is 0 Å². The summed E-state index contributed by atoms with van der Waals surface area (Å²) in [5.41, 5.74) is 0.939. The Morgan fingerprint density at radius 1 is 1.12 bits per heavy atom. The average Bonchev–Trinajstić information content (AvgIpc) is 2.65. The Kier molecular flexibility index (Phi) is 4.65. The van der Waals surface area contributed by atoms with Crippen LogP contribution in [0.3, 0.4) is 0 Å². The van der Waals surface area contributed by atoms with Crippen LogP contribution in [0.25, 0.3) is 10.9 Å². The lowest BCUT2D eigenvalue weighted by Gasteiger charge is -2.10. The molecular formula is C18H17N3O4. The fourth-order valence-corrected chi connectivity index (χ4v) is 2.53. The summed E-state index contributed by atoms with van der Waals surface area (Å²) in [4.78, 5) is 30.6. The molecule has 0 radical (unpaired) electrons. The number of hydrogen-bond donors (Lipinski definition) is 2. The monoisotopic (exact) mass is 339 g/mol. The lowest BCUT2D eigenvalue weighted by molar-refractivity contribution is 0.0947. The summed E-state index contributed by atoms with van der Waals surface area (Å²) in [7, 11) is 3.11. The lowest BCUT2D eigenvalue weighted by atomic mass is 10.1. The van der Waals surface area contributed by atoms with Crippen molar-refractivity contribution in [2.24, 2.45) is 0 Å². The number of aromatic amines is 1. The van der Waals surface area contributed by atoms with Gasteiger partial charge in [0.15, 0.2) is 11.5 Å². The van der Waals surface area contributed by atoms with E-state index in [-0.39, 0.29) is 12.2 Å². The van der Waals surface area contributed by atoms with Crippen molar-refractivity contribution in [2.75, 3.05) is 14.2 Å². The summed E-state index contributed by atoms with van der Waals surface area (Å²) in [5, 5.41) is 3.36. The van der Waals surface area contributed by atoms with Gasteiger partial charge in [-0.25, -0.2) is 4.79 Å². The number of carbonyl (C=O) groups excluding carboxylic acids is 1. The summed E-state index contributed by atoms with van der Waals surface area (Å²) in [5.74, 6) is 0.769. The second-order valence-corrected chi connectivity index (χ2v) is 5.31. The Balaban J connectivity index is 1.83. The van der Waals surface area contributed by atoms with Gasteiger partial charge in [0.25, 0.3) is 5.91 Å². The predicted molar refractivity (Wildman–Crippen MR) is 93.1 cm³/mol. The number of nitrogens with one attached hydrogen (secondary N) is 2. The number of amides is 1. The smallest absolute Gasteiger partial charge is 0.346 e. The van der Waals surface area contributed by atoms with Crippen molar-refractivity contribution in [1.29, 1.82) is 0 Å². The summed E-state index contributed by atoms with van der Waals surface area (Å²) in [6, 6.07) is 12.4. The van der Waals surface area contributed by atoms with Crippen molar-refractivity contribution >= 4 is 16.8 Å². The fraction of sp³-hybridized carbons (Fsp3) is 0.167. The minimum atomic E-state index is -0.560. The van der Waals surface area contributed by atoms with Gasteiger partial charge >= 0.3 is 5.69 Å². The summed E-state index contributed by atoms with van der Waals surface area (Å²) >= 11 is 0. The molecule has 2 N–H and O–H groups in total. The molecule has 3 rings (SSSR count). The van der Waals surface area contributed by atoms with Crippen molar-refractivity contribution < 1.29 is 14.3 Å². The Labute approximate surface area is 143 Å². The molecule has 0 atom stereocenters. The molecule has 0 saturated heterocycles. The van der Waals surface area contributed by atoms with Gasteiger partial charge in [-0.15, -0.1) is 0 Å². The average molecular weight is 339 g/mol. The third-order valence-electron chi connectivity index (χ3n) is 3.75. The first kappa shape index (κ1) is 16.5. The van der Waals surface area contributed by atoms with Crippen molar-refractivity contribution in [1.82, 2.24) is 15.3 Å². The van der Waals surface area contributed by atoms with E-state index < -0.39 is 11.6 Å². The van der Waals surface area contributed by atoms with Gasteiger partial charge in [0, 0.05) is 11.9 Å². The number of nitrogens with zero attached hydrogens (tertiary/aromatic N) is 1.